The summed E-state index contributed by atoms with van der Waals surface area (Å²) in [5, 5.41) is 9.23. The van der Waals surface area contributed by atoms with Gasteiger partial charge in [-0.15, -0.1) is 11.3 Å². The number of nitrogens with zero attached hydrogens (tertiary/aromatic N) is 3. The van der Waals surface area contributed by atoms with Gasteiger partial charge in [-0.25, -0.2) is 0 Å². The molecule has 0 aliphatic carbocycles. The molecule has 5 nitrogen and oxygen atoms in total. The molecule has 0 spiro atoms. The van der Waals surface area contributed by atoms with Crippen LogP contribution in [0.3, 0.4) is 0 Å². The third kappa shape index (κ3) is 6.46. The Balaban J connectivity index is 1.49. The average molecular weight is 406 g/mol. The van der Waals surface area contributed by atoms with E-state index in [2.05, 4.69) is 51.8 Å². The van der Waals surface area contributed by atoms with E-state index < -0.39 is 0 Å². The summed E-state index contributed by atoms with van der Waals surface area (Å²) in [7, 11) is 0. The molecule has 6 heteroatoms. The van der Waals surface area contributed by atoms with Gasteiger partial charge in [-0.05, 0) is 89.1 Å². The van der Waals surface area contributed by atoms with Gasteiger partial charge in [0.25, 0.3) is 0 Å². The lowest BCUT2D eigenvalue weighted by Gasteiger charge is -2.31. The third-order valence-electron chi connectivity index (χ3n) is 6.22. The minimum Gasteiger partial charge on any atom is -0.357 e. The van der Waals surface area contributed by atoms with Crippen molar-refractivity contribution in [2.24, 2.45) is 10.9 Å². The maximum Gasteiger partial charge on any atom is 0.191 e. The molecule has 1 atom stereocenters. The van der Waals surface area contributed by atoms with E-state index in [1.807, 2.05) is 11.3 Å². The molecule has 0 bridgehead atoms. The van der Waals surface area contributed by atoms with Crippen molar-refractivity contribution in [1.29, 1.82) is 0 Å². The van der Waals surface area contributed by atoms with E-state index in [1.165, 1.54) is 69.7 Å². The summed E-state index contributed by atoms with van der Waals surface area (Å²) >= 11 is 1.87. The zero-order valence-corrected chi connectivity index (χ0v) is 18.6. The zero-order valence-electron chi connectivity index (χ0n) is 17.8. The second kappa shape index (κ2) is 11.8. The van der Waals surface area contributed by atoms with Crippen molar-refractivity contribution in [3.63, 3.8) is 0 Å². The van der Waals surface area contributed by atoms with E-state index in [9.17, 15) is 0 Å². The summed E-state index contributed by atoms with van der Waals surface area (Å²) < 4.78 is 0. The van der Waals surface area contributed by atoms with Crippen molar-refractivity contribution in [2.75, 3.05) is 52.4 Å². The molecule has 2 N–H and O–H groups in total. The topological polar surface area (TPSA) is 42.9 Å². The Hall–Kier alpha value is -1.11. The van der Waals surface area contributed by atoms with Gasteiger partial charge < -0.3 is 15.5 Å². The van der Waals surface area contributed by atoms with Crippen LogP contribution in [0.2, 0.25) is 0 Å². The van der Waals surface area contributed by atoms with Crippen LogP contribution < -0.4 is 10.6 Å². The maximum absolute atomic E-state index is 4.97. The van der Waals surface area contributed by atoms with Crippen LogP contribution in [0.25, 0.3) is 0 Å². The molecule has 0 saturated carbocycles. The fourth-order valence-electron chi connectivity index (χ4n) is 4.43. The molecule has 0 amide bonds. The second-order valence-electron chi connectivity index (χ2n) is 8.09. The van der Waals surface area contributed by atoms with Gasteiger partial charge in [-0.2, -0.15) is 0 Å². The molecule has 2 saturated heterocycles. The molecule has 2 aliphatic rings. The van der Waals surface area contributed by atoms with Gasteiger partial charge in [-0.1, -0.05) is 13.0 Å². The number of hydrogen-bond donors (Lipinski definition) is 2. The molecular weight excluding hydrogens is 366 g/mol. The number of likely N-dealkylation sites (tertiary alicyclic amines) is 2. The molecule has 1 aromatic heterocycles. The number of guanidine groups is 1. The number of aliphatic imine (C=N–C) groups is 1. The van der Waals surface area contributed by atoms with Crippen LogP contribution in [0.1, 0.15) is 56.9 Å². The first-order chi connectivity index (χ1) is 13.8. The molecule has 3 heterocycles. The van der Waals surface area contributed by atoms with Crippen LogP contribution in [0.5, 0.6) is 0 Å². The first-order valence-corrected chi connectivity index (χ1v) is 12.2. The molecule has 3 rings (SSSR count). The molecule has 1 aromatic rings. The van der Waals surface area contributed by atoms with Gasteiger partial charge in [0.2, 0.25) is 0 Å². The second-order valence-corrected chi connectivity index (χ2v) is 9.07. The Morgan fingerprint density at radius 1 is 1.18 bits per heavy atom. The van der Waals surface area contributed by atoms with Crippen molar-refractivity contribution in [2.45, 2.75) is 52.0 Å². The number of nitrogens with one attached hydrogen (secondary N) is 2. The first kappa shape index (κ1) is 21.6. The molecule has 158 valence electrons. The van der Waals surface area contributed by atoms with Crippen molar-refractivity contribution in [3.8, 4) is 0 Å². The van der Waals surface area contributed by atoms with Crippen LogP contribution in [0.15, 0.2) is 22.5 Å². The lowest BCUT2D eigenvalue weighted by Crippen LogP contribution is -2.40. The van der Waals surface area contributed by atoms with E-state index in [0.29, 0.717) is 6.04 Å². The lowest BCUT2D eigenvalue weighted by molar-refractivity contribution is 0.187. The summed E-state index contributed by atoms with van der Waals surface area (Å²) in [6.45, 7) is 13.3. The van der Waals surface area contributed by atoms with E-state index >= 15 is 0 Å². The summed E-state index contributed by atoms with van der Waals surface area (Å²) in [6, 6.07) is 4.86. The number of piperidine rings is 1. The Bertz CT molecular complexity index is 559. The van der Waals surface area contributed by atoms with Crippen molar-refractivity contribution >= 4 is 17.3 Å². The summed E-state index contributed by atoms with van der Waals surface area (Å²) in [5.74, 6) is 1.84. The fraction of sp³-hybridized carbons (Fsp3) is 0.773. The standard InChI is InChI=1S/C22H39N5S/c1-3-23-22(24-12-9-19-10-15-26(4-2)16-11-19)25-18-20(21-8-7-17-28-21)27-13-5-6-14-27/h7-8,17,19-20H,3-6,9-16,18H2,1-2H3,(H2,23,24,25). The van der Waals surface area contributed by atoms with Crippen LogP contribution in [-0.4, -0.2) is 68.1 Å². The van der Waals surface area contributed by atoms with Gasteiger partial charge in [0.1, 0.15) is 0 Å². The van der Waals surface area contributed by atoms with E-state index in [0.717, 1.165) is 31.5 Å². The minimum atomic E-state index is 0.427. The maximum atomic E-state index is 4.97. The number of rotatable bonds is 9. The highest BCUT2D eigenvalue weighted by Crippen LogP contribution is 2.28. The van der Waals surface area contributed by atoms with Crippen LogP contribution in [0, 0.1) is 5.92 Å². The molecule has 28 heavy (non-hydrogen) atoms. The quantitative estimate of drug-likeness (QED) is 0.487. The predicted octanol–water partition coefficient (Wildman–Crippen LogP) is 3.56. The molecule has 2 aliphatic heterocycles. The molecule has 1 unspecified atom stereocenters. The van der Waals surface area contributed by atoms with E-state index in [-0.39, 0.29) is 0 Å². The highest BCUT2D eigenvalue weighted by molar-refractivity contribution is 7.10. The highest BCUT2D eigenvalue weighted by atomic mass is 32.1. The van der Waals surface area contributed by atoms with Crippen LogP contribution >= 0.6 is 11.3 Å². The summed E-state index contributed by atoms with van der Waals surface area (Å²) in [4.78, 5) is 11.6. The molecule has 0 aromatic carbocycles. The monoisotopic (exact) mass is 405 g/mol. The molecule has 0 radical (unpaired) electrons. The summed E-state index contributed by atoms with van der Waals surface area (Å²) in [5.41, 5.74) is 0. The van der Waals surface area contributed by atoms with E-state index in [1.54, 1.807) is 0 Å². The molecule has 2 fully saturated rings. The van der Waals surface area contributed by atoms with Gasteiger partial charge in [0, 0.05) is 18.0 Å². The van der Waals surface area contributed by atoms with Crippen molar-refractivity contribution in [1.82, 2.24) is 20.4 Å². The Labute approximate surface area is 175 Å². The normalized spacial score (nSPS) is 21.1. The largest absolute Gasteiger partial charge is 0.357 e. The minimum absolute atomic E-state index is 0.427. The SMILES string of the molecule is CCNC(=NCC(c1cccs1)N1CCCC1)NCCC1CCN(CC)CC1. The van der Waals surface area contributed by atoms with Crippen molar-refractivity contribution < 1.29 is 0 Å². The Kier molecular flexibility index (Phi) is 9.09. The Morgan fingerprint density at radius 3 is 2.61 bits per heavy atom. The van der Waals surface area contributed by atoms with Gasteiger partial charge in [0.05, 0.1) is 12.6 Å². The smallest absolute Gasteiger partial charge is 0.191 e. The van der Waals surface area contributed by atoms with Crippen LogP contribution in [0.4, 0.5) is 0 Å². The zero-order chi connectivity index (χ0) is 19.6. The lowest BCUT2D eigenvalue weighted by atomic mass is 9.93. The predicted molar refractivity (Wildman–Crippen MR) is 121 cm³/mol. The van der Waals surface area contributed by atoms with Gasteiger partial charge >= 0.3 is 0 Å². The summed E-state index contributed by atoms with van der Waals surface area (Å²) in [6.07, 6.45) is 6.58. The number of hydrogen-bond acceptors (Lipinski definition) is 4. The average Bonchev–Trinajstić information content (AvgIpc) is 3.43. The Morgan fingerprint density at radius 2 is 1.96 bits per heavy atom. The highest BCUT2D eigenvalue weighted by Gasteiger charge is 2.24. The number of thiophene rings is 1. The van der Waals surface area contributed by atoms with Crippen molar-refractivity contribution in [3.05, 3.63) is 22.4 Å². The van der Waals surface area contributed by atoms with E-state index in [4.69, 9.17) is 4.99 Å². The van der Waals surface area contributed by atoms with Gasteiger partial charge in [0.15, 0.2) is 5.96 Å². The third-order valence-corrected chi connectivity index (χ3v) is 7.19. The first-order valence-electron chi connectivity index (χ1n) is 11.3. The molecular formula is C22H39N5S. The fourth-order valence-corrected chi connectivity index (χ4v) is 5.28. The van der Waals surface area contributed by atoms with Crippen LogP contribution in [-0.2, 0) is 0 Å². The van der Waals surface area contributed by atoms with Gasteiger partial charge in [-0.3, -0.25) is 9.89 Å².